The van der Waals surface area contributed by atoms with Crippen LogP contribution >= 0.6 is 0 Å². The van der Waals surface area contributed by atoms with Crippen molar-refractivity contribution in [3.63, 3.8) is 0 Å². The van der Waals surface area contributed by atoms with Crippen LogP contribution in [0.1, 0.15) is 37.7 Å². The first kappa shape index (κ1) is 18.5. The molecule has 0 aliphatic carbocycles. The Morgan fingerprint density at radius 3 is 2.23 bits per heavy atom. The van der Waals surface area contributed by atoms with Crippen LogP contribution in [-0.2, 0) is 0 Å². The minimum atomic E-state index is -0.0627. The Bertz CT molecular complexity index is 1480. The largest absolute Gasteiger partial charge is 0.293 e. The van der Waals surface area contributed by atoms with E-state index in [0.717, 1.165) is 23.1 Å². The second-order valence-electron chi connectivity index (χ2n) is 7.85. The van der Waals surface area contributed by atoms with Crippen LogP contribution in [0.3, 0.4) is 0 Å². The third kappa shape index (κ3) is 2.64. The van der Waals surface area contributed by atoms with Crippen LogP contribution in [0.15, 0.2) is 53.3 Å². The minimum absolute atomic E-state index is 0.0561. The number of hydrogen-bond acceptors (Lipinski definition) is 4. The highest BCUT2D eigenvalue weighted by Gasteiger charge is 2.23. The summed E-state index contributed by atoms with van der Waals surface area (Å²) in [6.45, 7) is 8.06. The molecule has 3 heterocycles. The molecule has 5 rings (SSSR count). The topological polar surface area (TPSA) is 65.6 Å². The molecule has 6 heteroatoms. The van der Waals surface area contributed by atoms with Crippen molar-refractivity contribution in [2.45, 2.75) is 40.2 Å². The number of benzene rings is 2. The zero-order valence-electron chi connectivity index (χ0n) is 17.5. The van der Waals surface area contributed by atoms with Gasteiger partial charge in [0.25, 0.3) is 5.56 Å². The summed E-state index contributed by atoms with van der Waals surface area (Å²) in [4.78, 5) is 28.3. The molecular weight excluding hydrogens is 374 g/mol. The number of rotatable bonds is 3. The standard InChI is InChI=1S/C24H23N5O/c1-5-15(3)28-16(4)25-22-20(24(28)30)21-23(27-19-9-7-6-8-18(19)26-21)29(22)17-12-10-14(2)11-13-17/h6-13,15H,5H2,1-4H3/t15-/m1/s1. The second-order valence-corrected chi connectivity index (χ2v) is 7.85. The third-order valence-corrected chi connectivity index (χ3v) is 5.81. The summed E-state index contributed by atoms with van der Waals surface area (Å²) in [5.74, 6) is 0.697. The molecule has 0 spiro atoms. The van der Waals surface area contributed by atoms with Crippen molar-refractivity contribution in [3.05, 3.63) is 70.3 Å². The van der Waals surface area contributed by atoms with Gasteiger partial charge in [-0.3, -0.25) is 13.9 Å². The summed E-state index contributed by atoms with van der Waals surface area (Å²) >= 11 is 0. The number of para-hydroxylation sites is 2. The van der Waals surface area contributed by atoms with Crippen LogP contribution in [0, 0.1) is 13.8 Å². The molecule has 0 N–H and O–H groups in total. The van der Waals surface area contributed by atoms with E-state index in [4.69, 9.17) is 15.0 Å². The average Bonchev–Trinajstić information content (AvgIpc) is 3.05. The van der Waals surface area contributed by atoms with Gasteiger partial charge < -0.3 is 0 Å². The van der Waals surface area contributed by atoms with E-state index in [1.807, 2.05) is 54.8 Å². The lowest BCUT2D eigenvalue weighted by atomic mass is 10.2. The summed E-state index contributed by atoms with van der Waals surface area (Å²) in [5.41, 5.74) is 5.43. The molecule has 0 bridgehead atoms. The highest BCUT2D eigenvalue weighted by atomic mass is 16.1. The maximum Gasteiger partial charge on any atom is 0.265 e. The van der Waals surface area contributed by atoms with Gasteiger partial charge in [0, 0.05) is 11.7 Å². The fourth-order valence-electron chi connectivity index (χ4n) is 4.05. The van der Waals surface area contributed by atoms with Crippen LogP contribution < -0.4 is 5.56 Å². The van der Waals surface area contributed by atoms with Crippen molar-refractivity contribution in [1.82, 2.24) is 24.1 Å². The third-order valence-electron chi connectivity index (χ3n) is 5.81. The second kappa shape index (κ2) is 6.76. The molecule has 3 aromatic heterocycles. The highest BCUT2D eigenvalue weighted by Crippen LogP contribution is 2.29. The molecule has 0 fully saturated rings. The van der Waals surface area contributed by atoms with Gasteiger partial charge in [-0.25, -0.2) is 15.0 Å². The van der Waals surface area contributed by atoms with Crippen molar-refractivity contribution < 1.29 is 0 Å². The number of nitrogens with zero attached hydrogens (tertiary/aromatic N) is 5. The van der Waals surface area contributed by atoms with E-state index in [-0.39, 0.29) is 11.6 Å². The Balaban J connectivity index is 2.01. The van der Waals surface area contributed by atoms with Gasteiger partial charge in [0.1, 0.15) is 16.7 Å². The van der Waals surface area contributed by atoms with E-state index >= 15 is 0 Å². The van der Waals surface area contributed by atoms with Gasteiger partial charge in [-0.15, -0.1) is 0 Å². The Morgan fingerprint density at radius 2 is 1.57 bits per heavy atom. The first-order valence-electron chi connectivity index (χ1n) is 10.3. The Hall–Kier alpha value is -3.54. The molecule has 0 unspecified atom stereocenters. The predicted octanol–water partition coefficient (Wildman–Crippen LogP) is 4.87. The molecule has 0 amide bonds. The smallest absolute Gasteiger partial charge is 0.265 e. The van der Waals surface area contributed by atoms with E-state index < -0.39 is 0 Å². The molecule has 5 aromatic rings. The quantitative estimate of drug-likeness (QED) is 0.436. The maximum atomic E-state index is 13.6. The first-order valence-corrected chi connectivity index (χ1v) is 10.3. The molecule has 0 saturated carbocycles. The van der Waals surface area contributed by atoms with Gasteiger partial charge in [0.15, 0.2) is 11.3 Å². The fraction of sp³-hybridized carbons (Fsp3) is 0.250. The SMILES string of the molecule is CC[C@@H](C)n1c(C)nc2c(c1=O)c1nc3ccccc3nc1n2-c1ccc(C)cc1. The number of aryl methyl sites for hydroxylation is 2. The summed E-state index contributed by atoms with van der Waals surface area (Å²) in [7, 11) is 0. The normalized spacial score (nSPS) is 12.8. The summed E-state index contributed by atoms with van der Waals surface area (Å²) in [5, 5.41) is 0.523. The van der Waals surface area contributed by atoms with Crippen LogP contribution in [0.2, 0.25) is 0 Å². The Morgan fingerprint density at radius 1 is 0.900 bits per heavy atom. The minimum Gasteiger partial charge on any atom is -0.293 e. The summed E-state index contributed by atoms with van der Waals surface area (Å²) in [6.07, 6.45) is 0.846. The lowest BCUT2D eigenvalue weighted by Gasteiger charge is -2.16. The molecule has 0 aliphatic heterocycles. The van der Waals surface area contributed by atoms with Crippen molar-refractivity contribution in [1.29, 1.82) is 0 Å². The fourth-order valence-corrected chi connectivity index (χ4v) is 4.05. The predicted molar refractivity (Wildman–Crippen MR) is 120 cm³/mol. The number of fused-ring (bicyclic) bond motifs is 4. The molecule has 150 valence electrons. The van der Waals surface area contributed by atoms with Crippen molar-refractivity contribution >= 4 is 33.2 Å². The molecule has 30 heavy (non-hydrogen) atoms. The molecule has 0 aliphatic rings. The zero-order chi connectivity index (χ0) is 21.0. The van der Waals surface area contributed by atoms with Gasteiger partial charge in [0.05, 0.1) is 11.0 Å². The average molecular weight is 397 g/mol. The van der Waals surface area contributed by atoms with Crippen molar-refractivity contribution in [2.75, 3.05) is 0 Å². The number of aromatic nitrogens is 5. The zero-order valence-corrected chi connectivity index (χ0v) is 17.5. The lowest BCUT2D eigenvalue weighted by molar-refractivity contribution is 0.497. The van der Waals surface area contributed by atoms with Crippen LogP contribution in [0.5, 0.6) is 0 Å². The Kier molecular flexibility index (Phi) is 4.17. The molecule has 1 atom stereocenters. The van der Waals surface area contributed by atoms with E-state index in [1.54, 1.807) is 4.57 Å². The summed E-state index contributed by atoms with van der Waals surface area (Å²) < 4.78 is 3.73. The van der Waals surface area contributed by atoms with E-state index in [1.165, 1.54) is 5.56 Å². The van der Waals surface area contributed by atoms with E-state index in [0.29, 0.717) is 28.0 Å². The number of hydrogen-bond donors (Lipinski definition) is 0. The Labute approximate surface area is 173 Å². The van der Waals surface area contributed by atoms with Crippen molar-refractivity contribution in [2.24, 2.45) is 0 Å². The molecule has 0 radical (unpaired) electrons. The van der Waals surface area contributed by atoms with Gasteiger partial charge >= 0.3 is 0 Å². The van der Waals surface area contributed by atoms with Crippen molar-refractivity contribution in [3.8, 4) is 5.69 Å². The van der Waals surface area contributed by atoms with Crippen LogP contribution in [-0.4, -0.2) is 24.1 Å². The highest BCUT2D eigenvalue weighted by molar-refractivity contribution is 6.05. The molecule has 0 saturated heterocycles. The van der Waals surface area contributed by atoms with E-state index in [9.17, 15) is 4.79 Å². The van der Waals surface area contributed by atoms with Gasteiger partial charge in [0.2, 0.25) is 0 Å². The molecule has 2 aromatic carbocycles. The van der Waals surface area contributed by atoms with Crippen LogP contribution in [0.4, 0.5) is 0 Å². The maximum absolute atomic E-state index is 13.6. The lowest BCUT2D eigenvalue weighted by Crippen LogP contribution is -2.26. The molecular formula is C24H23N5O. The monoisotopic (exact) mass is 397 g/mol. The summed E-state index contributed by atoms with van der Waals surface area (Å²) in [6, 6.07) is 16.0. The van der Waals surface area contributed by atoms with Gasteiger partial charge in [-0.1, -0.05) is 36.8 Å². The van der Waals surface area contributed by atoms with E-state index in [2.05, 4.69) is 26.0 Å². The van der Waals surface area contributed by atoms with Gasteiger partial charge in [-0.2, -0.15) is 0 Å². The molecule has 6 nitrogen and oxygen atoms in total. The first-order chi connectivity index (χ1) is 14.5. The van der Waals surface area contributed by atoms with Crippen LogP contribution in [0.25, 0.3) is 38.9 Å². The van der Waals surface area contributed by atoms with Gasteiger partial charge in [-0.05, 0) is 51.5 Å².